The maximum Gasteiger partial charge on any atom is 0.243 e. The van der Waals surface area contributed by atoms with Gasteiger partial charge in [-0.15, -0.1) is 10.2 Å². The van der Waals surface area contributed by atoms with E-state index in [4.69, 9.17) is 35.3 Å². The van der Waals surface area contributed by atoms with Crippen molar-refractivity contribution in [2.75, 3.05) is 32.7 Å². The van der Waals surface area contributed by atoms with Crippen LogP contribution in [0.15, 0.2) is 54.9 Å². The number of halogens is 1. The van der Waals surface area contributed by atoms with Crippen LogP contribution in [0.2, 0.25) is 5.02 Å². The molecule has 0 saturated heterocycles. The third kappa shape index (κ3) is 5.58. The van der Waals surface area contributed by atoms with E-state index in [0.717, 1.165) is 0 Å². The number of benzene rings is 2. The van der Waals surface area contributed by atoms with Crippen LogP contribution >= 0.6 is 11.6 Å². The molecule has 2 aromatic heterocycles. The van der Waals surface area contributed by atoms with Crippen molar-refractivity contribution in [3.05, 3.63) is 71.5 Å². The summed E-state index contributed by atoms with van der Waals surface area (Å²) in [6.45, 7) is 1.56. The van der Waals surface area contributed by atoms with Gasteiger partial charge in [0.25, 0.3) is 0 Å². The van der Waals surface area contributed by atoms with Gasteiger partial charge in [-0.1, -0.05) is 29.8 Å². The molecule has 1 aliphatic heterocycles. The van der Waals surface area contributed by atoms with Gasteiger partial charge in [-0.2, -0.15) is 0 Å². The third-order valence-corrected chi connectivity index (χ3v) is 8.30. The van der Waals surface area contributed by atoms with E-state index in [2.05, 4.69) is 24.9 Å². The molecule has 0 aliphatic carbocycles. The summed E-state index contributed by atoms with van der Waals surface area (Å²) in [7, 11) is 0.157. The Morgan fingerprint density at radius 2 is 1.66 bits per heavy atom. The molecule has 0 spiro atoms. The highest BCUT2D eigenvalue weighted by Crippen LogP contribution is 2.40. The number of nitrogens with one attached hydrogen (secondary N) is 1. The fraction of sp³-hybridized carbons (Fsp3) is 0.308. The summed E-state index contributed by atoms with van der Waals surface area (Å²) in [4.78, 5) is 8.26. The molecule has 216 valence electrons. The van der Waals surface area contributed by atoms with Crippen molar-refractivity contribution >= 4 is 27.6 Å². The number of anilines is 1. The van der Waals surface area contributed by atoms with E-state index in [1.165, 1.54) is 45.2 Å². The molecule has 1 aliphatic rings. The zero-order valence-electron chi connectivity index (χ0n) is 22.5. The molecule has 0 unspecified atom stereocenters. The van der Waals surface area contributed by atoms with E-state index in [9.17, 15) is 8.42 Å². The van der Waals surface area contributed by atoms with Crippen molar-refractivity contribution in [3.8, 4) is 28.7 Å². The predicted molar refractivity (Wildman–Crippen MR) is 149 cm³/mol. The molecule has 41 heavy (non-hydrogen) atoms. The third-order valence-electron chi connectivity index (χ3n) is 6.41. The number of rotatable bonds is 10. The van der Waals surface area contributed by atoms with Gasteiger partial charge in [0.1, 0.15) is 35.1 Å². The van der Waals surface area contributed by atoms with Crippen molar-refractivity contribution in [3.63, 3.8) is 0 Å². The van der Waals surface area contributed by atoms with E-state index in [1.807, 2.05) is 12.1 Å². The van der Waals surface area contributed by atoms with Crippen LogP contribution in [0.1, 0.15) is 30.8 Å². The first-order valence-corrected chi connectivity index (χ1v) is 14.3. The molecule has 0 saturated carbocycles. The van der Waals surface area contributed by atoms with Crippen molar-refractivity contribution in [1.29, 1.82) is 0 Å². The predicted octanol–water partition coefficient (Wildman–Crippen LogP) is 3.76. The lowest BCUT2D eigenvalue weighted by molar-refractivity contribution is 0.0837. The lowest BCUT2D eigenvalue weighted by Crippen LogP contribution is -2.33. The number of hydrogen-bond donors (Lipinski definition) is 1. The summed E-state index contributed by atoms with van der Waals surface area (Å²) >= 11 is 5.90. The molecule has 4 aromatic rings. The summed E-state index contributed by atoms with van der Waals surface area (Å²) in [5, 5.41) is 7.66. The molecular weight excluding hydrogens is 576 g/mol. The average molecular weight is 603 g/mol. The van der Waals surface area contributed by atoms with E-state index in [1.54, 1.807) is 30.3 Å². The highest BCUT2D eigenvalue weighted by Gasteiger charge is 2.36. The Morgan fingerprint density at radius 3 is 2.29 bits per heavy atom. The number of ether oxygens (including phenoxy) is 5. The Hall–Kier alpha value is -4.14. The molecule has 2 aromatic carbocycles. The van der Waals surface area contributed by atoms with Gasteiger partial charge in [0.05, 0.1) is 19.2 Å². The van der Waals surface area contributed by atoms with E-state index in [0.29, 0.717) is 33.7 Å². The van der Waals surface area contributed by atoms with E-state index < -0.39 is 27.5 Å². The number of sulfonamides is 1. The van der Waals surface area contributed by atoms with Crippen molar-refractivity contribution in [2.45, 2.75) is 24.4 Å². The van der Waals surface area contributed by atoms with Crippen LogP contribution in [0.5, 0.6) is 23.0 Å². The summed E-state index contributed by atoms with van der Waals surface area (Å²) < 4.78 is 60.2. The van der Waals surface area contributed by atoms with Crippen molar-refractivity contribution < 1.29 is 32.1 Å². The molecule has 15 heteroatoms. The summed E-state index contributed by atoms with van der Waals surface area (Å²) in [5.41, 5.74) is 0.356. The van der Waals surface area contributed by atoms with Crippen LogP contribution in [-0.2, 0) is 14.8 Å². The lowest BCUT2D eigenvalue weighted by atomic mass is 10.2. The number of hydrogen-bond acceptors (Lipinski definition) is 11. The average Bonchev–Trinajstić information content (AvgIpc) is 3.39. The zero-order valence-corrected chi connectivity index (χ0v) is 24.1. The van der Waals surface area contributed by atoms with E-state index in [-0.39, 0.29) is 24.2 Å². The van der Waals surface area contributed by atoms with Gasteiger partial charge in [-0.25, -0.2) is 18.4 Å². The van der Waals surface area contributed by atoms with Crippen LogP contribution in [-0.4, -0.2) is 66.3 Å². The molecule has 1 N–H and O–H groups in total. The maximum absolute atomic E-state index is 13.7. The van der Waals surface area contributed by atoms with Gasteiger partial charge < -0.3 is 23.7 Å². The van der Waals surface area contributed by atoms with E-state index >= 15 is 0 Å². The zero-order chi connectivity index (χ0) is 29.1. The van der Waals surface area contributed by atoms with Crippen molar-refractivity contribution in [1.82, 2.24) is 24.7 Å². The smallest absolute Gasteiger partial charge is 0.243 e. The second kappa shape index (κ2) is 11.8. The number of nitrogens with zero attached hydrogens (tertiary/aromatic N) is 5. The summed E-state index contributed by atoms with van der Waals surface area (Å²) in [6, 6.07) is 12.3. The molecule has 3 heterocycles. The quantitative estimate of drug-likeness (QED) is 0.283. The normalized spacial score (nSPS) is 16.1. The Labute approximate surface area is 241 Å². The van der Waals surface area contributed by atoms with Gasteiger partial charge >= 0.3 is 0 Å². The molecule has 0 bridgehead atoms. The number of fused-ring (bicyclic) bond motifs is 1. The largest absolute Gasteiger partial charge is 0.494 e. The minimum atomic E-state index is -4.18. The topological polar surface area (TPSA) is 149 Å². The minimum absolute atomic E-state index is 0.0927. The Kier molecular flexibility index (Phi) is 8.15. The van der Waals surface area contributed by atoms with Crippen LogP contribution in [0, 0.1) is 0 Å². The summed E-state index contributed by atoms with van der Waals surface area (Å²) in [5.74, 6) is 2.10. The van der Waals surface area contributed by atoms with Gasteiger partial charge in [0.15, 0.2) is 29.3 Å². The maximum atomic E-state index is 13.7. The molecule has 3 atom stereocenters. The number of aromatic nitrogens is 5. The highest BCUT2D eigenvalue weighted by atomic mass is 35.5. The highest BCUT2D eigenvalue weighted by molar-refractivity contribution is 7.93. The van der Waals surface area contributed by atoms with Crippen molar-refractivity contribution in [2.24, 2.45) is 0 Å². The molecule has 0 radical (unpaired) electrons. The van der Waals surface area contributed by atoms with Gasteiger partial charge in [-0.3, -0.25) is 9.29 Å². The molecule has 0 amide bonds. The number of methoxy groups -OCH3 is 3. The van der Waals surface area contributed by atoms with Crippen LogP contribution in [0.25, 0.3) is 5.69 Å². The second-order valence-corrected chi connectivity index (χ2v) is 11.3. The second-order valence-electron chi connectivity index (χ2n) is 8.86. The first-order valence-electron chi connectivity index (χ1n) is 12.3. The summed E-state index contributed by atoms with van der Waals surface area (Å²) in [6.07, 6.45) is 0.957. The molecule has 13 nitrogen and oxygen atoms in total. The van der Waals surface area contributed by atoms with Crippen LogP contribution in [0.4, 0.5) is 5.95 Å². The van der Waals surface area contributed by atoms with Crippen LogP contribution < -0.4 is 23.7 Å². The lowest BCUT2D eigenvalue weighted by Gasteiger charge is -2.27. The minimum Gasteiger partial charge on any atom is -0.494 e. The molecule has 5 rings (SSSR count). The SMILES string of the molecule is COc1cccc(OC)c1-n1c(NS(=O)(=O)[C@@H](C)[C@H](OC)c2ncc(Cl)cn2)nnc1[C@H]1COc2ccccc2O1. The van der Waals surface area contributed by atoms with Gasteiger partial charge in [0.2, 0.25) is 16.0 Å². The Bertz CT molecular complexity index is 1610. The first kappa shape index (κ1) is 28.4. The Morgan fingerprint density at radius 1 is 1.00 bits per heavy atom. The fourth-order valence-electron chi connectivity index (χ4n) is 4.35. The Balaban J connectivity index is 1.58. The van der Waals surface area contributed by atoms with Crippen LogP contribution in [0.3, 0.4) is 0 Å². The fourth-order valence-corrected chi connectivity index (χ4v) is 5.58. The standard InChI is InChI=1S/C26H27ClN6O7S/c1-15(23(38-4)24-28-12-16(27)13-29-24)41(34,35)32-26-31-30-25(21-14-39-17-8-5-6-9-18(17)40-21)33(26)22-19(36-2)10-7-11-20(22)37-3/h5-13,15,21,23H,14H2,1-4H3,(H,31,32)/t15-,21+,23-/m0/s1. The van der Waals surface area contributed by atoms with Gasteiger partial charge in [0, 0.05) is 19.5 Å². The van der Waals surface area contributed by atoms with Gasteiger partial charge in [-0.05, 0) is 31.2 Å². The molecular formula is C26H27ClN6O7S. The molecule has 0 fully saturated rings. The number of para-hydroxylation sites is 3. The first-order chi connectivity index (χ1) is 19.8. The monoisotopic (exact) mass is 602 g/mol.